The maximum atomic E-state index is 12.2. The van der Waals surface area contributed by atoms with E-state index in [-0.39, 0.29) is 23.2 Å². The molecule has 0 bridgehead atoms. The van der Waals surface area contributed by atoms with Crippen molar-refractivity contribution < 1.29 is 18.9 Å². The summed E-state index contributed by atoms with van der Waals surface area (Å²) < 4.78 is 11.0. The summed E-state index contributed by atoms with van der Waals surface area (Å²) in [7, 11) is 0. The lowest BCUT2D eigenvalue weighted by Crippen LogP contribution is -2.12. The van der Waals surface area contributed by atoms with Crippen LogP contribution in [0.3, 0.4) is 0 Å². The van der Waals surface area contributed by atoms with E-state index in [2.05, 4.69) is 15.5 Å². The molecule has 0 fully saturated rings. The quantitative estimate of drug-likeness (QED) is 0.532. The predicted molar refractivity (Wildman–Crippen MR) is 92.0 cm³/mol. The number of para-hydroxylation sites is 1. The molecule has 3 rings (SSSR count). The molecule has 0 atom stereocenters. The van der Waals surface area contributed by atoms with Crippen molar-refractivity contribution in [3.63, 3.8) is 0 Å². The number of nitrogens with zero attached hydrogens (tertiary/aromatic N) is 3. The van der Waals surface area contributed by atoms with Gasteiger partial charge in [0.2, 0.25) is 0 Å². The van der Waals surface area contributed by atoms with Gasteiger partial charge in [0.1, 0.15) is 5.75 Å². The SMILES string of the molecule is CCOc1ccccc1-c1nnc(NC(=O)c2ccc([N+](=O)[O-])cc2)o1. The first-order valence-corrected chi connectivity index (χ1v) is 7.70. The van der Waals surface area contributed by atoms with Gasteiger partial charge in [0.15, 0.2) is 0 Å². The average molecular weight is 354 g/mol. The lowest BCUT2D eigenvalue weighted by molar-refractivity contribution is -0.384. The highest BCUT2D eigenvalue weighted by Crippen LogP contribution is 2.29. The minimum Gasteiger partial charge on any atom is -0.493 e. The van der Waals surface area contributed by atoms with Gasteiger partial charge in [0, 0.05) is 17.7 Å². The maximum absolute atomic E-state index is 12.2. The first-order valence-electron chi connectivity index (χ1n) is 7.70. The number of aromatic nitrogens is 2. The zero-order valence-electron chi connectivity index (χ0n) is 13.7. The Labute approximate surface area is 147 Å². The standard InChI is InChI=1S/C17H14N4O5/c1-2-25-14-6-4-3-5-13(14)16-19-20-17(26-16)18-15(22)11-7-9-12(10-8-11)21(23)24/h3-10H,2H2,1H3,(H,18,20,22). The molecule has 9 nitrogen and oxygen atoms in total. The van der Waals surface area contributed by atoms with Crippen molar-refractivity contribution in [2.75, 3.05) is 11.9 Å². The average Bonchev–Trinajstić information content (AvgIpc) is 3.11. The molecule has 0 unspecified atom stereocenters. The highest BCUT2D eigenvalue weighted by molar-refractivity contribution is 6.03. The van der Waals surface area contributed by atoms with Gasteiger partial charge in [0.05, 0.1) is 17.1 Å². The number of carbonyl (C=O) groups excluding carboxylic acids is 1. The molecule has 0 aliphatic heterocycles. The first-order chi connectivity index (χ1) is 12.6. The van der Waals surface area contributed by atoms with Crippen molar-refractivity contribution in [3.8, 4) is 17.2 Å². The number of nitro benzene ring substituents is 1. The summed E-state index contributed by atoms with van der Waals surface area (Å²) in [5.74, 6) is 0.271. The highest BCUT2D eigenvalue weighted by Gasteiger charge is 2.16. The maximum Gasteiger partial charge on any atom is 0.322 e. The fourth-order valence-corrected chi connectivity index (χ4v) is 2.21. The molecule has 3 aromatic rings. The zero-order chi connectivity index (χ0) is 18.5. The molecule has 1 N–H and O–H groups in total. The molecule has 0 radical (unpaired) electrons. The summed E-state index contributed by atoms with van der Waals surface area (Å²) in [6.45, 7) is 2.34. The van der Waals surface area contributed by atoms with Crippen molar-refractivity contribution in [1.82, 2.24) is 10.2 Å². The number of nitrogens with one attached hydrogen (secondary N) is 1. The Kier molecular flexibility index (Phi) is 4.88. The number of rotatable bonds is 6. The van der Waals surface area contributed by atoms with Crippen LogP contribution < -0.4 is 10.1 Å². The molecular weight excluding hydrogens is 340 g/mol. The Bertz CT molecular complexity index is 936. The monoisotopic (exact) mass is 354 g/mol. The zero-order valence-corrected chi connectivity index (χ0v) is 13.7. The summed E-state index contributed by atoms with van der Waals surface area (Å²) in [6.07, 6.45) is 0. The fourth-order valence-electron chi connectivity index (χ4n) is 2.21. The van der Waals surface area contributed by atoms with Gasteiger partial charge in [-0.3, -0.25) is 20.2 Å². The van der Waals surface area contributed by atoms with Gasteiger partial charge < -0.3 is 9.15 Å². The number of ether oxygens (including phenoxy) is 1. The second-order valence-corrected chi connectivity index (χ2v) is 5.10. The van der Waals surface area contributed by atoms with Gasteiger partial charge in [0.25, 0.3) is 17.5 Å². The number of non-ortho nitro benzene ring substituents is 1. The number of amides is 1. The lowest BCUT2D eigenvalue weighted by Gasteiger charge is -2.06. The summed E-state index contributed by atoms with van der Waals surface area (Å²) in [4.78, 5) is 22.3. The molecule has 26 heavy (non-hydrogen) atoms. The van der Waals surface area contributed by atoms with E-state index in [0.717, 1.165) is 0 Å². The highest BCUT2D eigenvalue weighted by atomic mass is 16.6. The molecule has 1 amide bonds. The third-order valence-corrected chi connectivity index (χ3v) is 3.40. The first kappa shape index (κ1) is 17.1. The van der Waals surface area contributed by atoms with Gasteiger partial charge in [-0.25, -0.2) is 0 Å². The van der Waals surface area contributed by atoms with E-state index >= 15 is 0 Å². The van der Waals surface area contributed by atoms with Crippen LogP contribution in [0, 0.1) is 10.1 Å². The van der Waals surface area contributed by atoms with Crippen LogP contribution in [0.4, 0.5) is 11.7 Å². The van der Waals surface area contributed by atoms with Gasteiger partial charge in [-0.1, -0.05) is 17.2 Å². The summed E-state index contributed by atoms with van der Waals surface area (Å²) >= 11 is 0. The molecule has 0 spiro atoms. The second-order valence-electron chi connectivity index (χ2n) is 5.10. The minimum atomic E-state index is -0.540. The molecule has 0 aliphatic rings. The number of carbonyl (C=O) groups is 1. The smallest absolute Gasteiger partial charge is 0.322 e. The topological polar surface area (TPSA) is 120 Å². The van der Waals surface area contributed by atoms with Crippen molar-refractivity contribution in [3.05, 3.63) is 64.2 Å². The molecule has 1 aromatic heterocycles. The largest absolute Gasteiger partial charge is 0.493 e. The van der Waals surface area contributed by atoms with Crippen molar-refractivity contribution in [2.45, 2.75) is 6.92 Å². The van der Waals surface area contributed by atoms with Crippen molar-refractivity contribution in [1.29, 1.82) is 0 Å². The molecular formula is C17H14N4O5. The van der Waals surface area contributed by atoms with Gasteiger partial charge in [-0.15, -0.1) is 5.10 Å². The molecule has 0 saturated heterocycles. The van der Waals surface area contributed by atoms with Gasteiger partial charge in [-0.05, 0) is 31.2 Å². The molecule has 2 aromatic carbocycles. The van der Waals surface area contributed by atoms with Gasteiger partial charge in [-0.2, -0.15) is 0 Å². The van der Waals surface area contributed by atoms with E-state index in [0.29, 0.717) is 17.9 Å². The third kappa shape index (κ3) is 3.66. The van der Waals surface area contributed by atoms with Crippen LogP contribution in [0.5, 0.6) is 5.75 Å². The Morgan fingerprint density at radius 1 is 1.19 bits per heavy atom. The van der Waals surface area contributed by atoms with E-state index in [1.54, 1.807) is 18.2 Å². The Hall–Kier alpha value is -3.75. The fraction of sp³-hybridized carbons (Fsp3) is 0.118. The normalized spacial score (nSPS) is 10.3. The summed E-state index contributed by atoms with van der Waals surface area (Å²) in [5.41, 5.74) is 0.733. The number of hydrogen-bond donors (Lipinski definition) is 1. The van der Waals surface area contributed by atoms with E-state index in [1.165, 1.54) is 24.3 Å². The molecule has 1 heterocycles. The number of nitro groups is 1. The molecule has 132 valence electrons. The molecule has 9 heteroatoms. The minimum absolute atomic E-state index is 0.0883. The summed E-state index contributed by atoms with van der Waals surface area (Å²) in [5, 5.41) is 20.8. The van der Waals surface area contributed by atoms with Crippen LogP contribution in [0.1, 0.15) is 17.3 Å². The van der Waals surface area contributed by atoms with Crippen LogP contribution in [-0.2, 0) is 0 Å². The number of benzene rings is 2. The van der Waals surface area contributed by atoms with E-state index in [9.17, 15) is 14.9 Å². The van der Waals surface area contributed by atoms with Crippen LogP contribution in [-0.4, -0.2) is 27.6 Å². The van der Waals surface area contributed by atoms with Crippen molar-refractivity contribution in [2.24, 2.45) is 0 Å². The van der Waals surface area contributed by atoms with Crippen LogP contribution in [0.15, 0.2) is 52.9 Å². The molecule has 0 aliphatic carbocycles. The van der Waals surface area contributed by atoms with E-state index in [4.69, 9.17) is 9.15 Å². The Morgan fingerprint density at radius 2 is 1.92 bits per heavy atom. The van der Waals surface area contributed by atoms with Crippen LogP contribution in [0.2, 0.25) is 0 Å². The number of anilines is 1. The van der Waals surface area contributed by atoms with Crippen molar-refractivity contribution >= 4 is 17.6 Å². The van der Waals surface area contributed by atoms with E-state index in [1.807, 2.05) is 13.0 Å². The van der Waals surface area contributed by atoms with E-state index < -0.39 is 10.8 Å². The molecule has 0 saturated carbocycles. The predicted octanol–water partition coefficient (Wildman–Crippen LogP) is 3.30. The Balaban J connectivity index is 1.76. The summed E-state index contributed by atoms with van der Waals surface area (Å²) in [6, 6.07) is 12.2. The van der Waals surface area contributed by atoms with Gasteiger partial charge >= 0.3 is 6.01 Å². The van der Waals surface area contributed by atoms with Crippen LogP contribution >= 0.6 is 0 Å². The number of hydrogen-bond acceptors (Lipinski definition) is 7. The Morgan fingerprint density at radius 3 is 2.62 bits per heavy atom. The lowest BCUT2D eigenvalue weighted by atomic mass is 10.2. The third-order valence-electron chi connectivity index (χ3n) is 3.40. The second kappa shape index (κ2) is 7.43. The van der Waals surface area contributed by atoms with Crippen LogP contribution in [0.25, 0.3) is 11.5 Å².